The zero-order valence-electron chi connectivity index (χ0n) is 25.1. The van der Waals surface area contributed by atoms with Gasteiger partial charge in [0.1, 0.15) is 18.2 Å². The number of methoxy groups -OCH3 is 1. The van der Waals surface area contributed by atoms with Gasteiger partial charge in [-0.15, -0.1) is 0 Å². The average molecular weight is 572 g/mol. The van der Waals surface area contributed by atoms with Crippen molar-refractivity contribution in [2.75, 3.05) is 7.11 Å². The van der Waals surface area contributed by atoms with Gasteiger partial charge in [-0.2, -0.15) is 0 Å². The van der Waals surface area contributed by atoms with Gasteiger partial charge in [-0.1, -0.05) is 75.8 Å². The summed E-state index contributed by atoms with van der Waals surface area (Å²) in [6.45, 7) is 11.3. The number of allylic oxidation sites excluding steroid dienone is 5. The number of nitrogens with two attached hydrogens (primary N) is 1. The van der Waals surface area contributed by atoms with Crippen molar-refractivity contribution in [2.45, 2.75) is 79.1 Å². The topological polar surface area (TPSA) is 146 Å². The minimum Gasteiger partial charge on any atom is -0.490 e. The second-order valence-corrected chi connectivity index (χ2v) is 10.8. The van der Waals surface area contributed by atoms with Gasteiger partial charge in [0.15, 0.2) is 5.76 Å². The molecule has 226 valence electrons. The molecule has 0 fully saturated rings. The smallest absolute Gasteiger partial charge is 0.404 e. The lowest BCUT2D eigenvalue weighted by atomic mass is 9.86. The SMILES string of the molecule is C/C=C/C[C@H](C/C=C/NC(=O)C(NC(=O)/C=C/C=C/C(C)=C/[C@@H](C)C1CC=C(OC)C(=O)O1)C(C)(C)C)OC(N)=O. The molecule has 0 saturated heterocycles. The molecule has 1 rings (SSSR count). The number of hydrogen-bond donors (Lipinski definition) is 3. The first kappa shape index (κ1) is 34.9. The highest BCUT2D eigenvalue weighted by Gasteiger charge is 2.32. The van der Waals surface area contributed by atoms with Crippen LogP contribution in [0.3, 0.4) is 0 Å². The average Bonchev–Trinajstić information content (AvgIpc) is 2.89. The van der Waals surface area contributed by atoms with Crippen LogP contribution in [0.15, 0.2) is 72.2 Å². The molecule has 4 N–H and O–H groups in total. The molecule has 4 atom stereocenters. The number of esters is 1. The quantitative estimate of drug-likeness (QED) is 0.120. The van der Waals surface area contributed by atoms with Crippen molar-refractivity contribution in [3.05, 3.63) is 72.2 Å². The number of cyclic esters (lactones) is 1. The number of amides is 3. The molecular weight excluding hydrogens is 526 g/mol. The summed E-state index contributed by atoms with van der Waals surface area (Å²) in [5.41, 5.74) is 5.50. The highest BCUT2D eigenvalue weighted by molar-refractivity contribution is 5.93. The standard InChI is InChI=1S/C31H45N3O7/c1-8-9-14-23(40-30(32)38)15-12-19-33-28(36)27(31(4,5)6)34-26(35)16-11-10-13-21(2)20-22(3)24-17-18-25(39-7)29(37)41-24/h8-13,16,18-20,22-24,27H,14-15,17H2,1-7H3,(H2,32,38)(H,33,36)(H,34,35)/b9-8+,13-10+,16-11+,19-12+,21-20+/t22-,23-,24?,27?/m1/s1. The summed E-state index contributed by atoms with van der Waals surface area (Å²) in [6, 6.07) is -0.803. The minimum absolute atomic E-state index is 0.0135. The van der Waals surface area contributed by atoms with Gasteiger partial charge in [-0.25, -0.2) is 9.59 Å². The zero-order chi connectivity index (χ0) is 31.0. The second kappa shape index (κ2) is 17.6. The summed E-state index contributed by atoms with van der Waals surface area (Å²) in [6.07, 6.45) is 16.9. The van der Waals surface area contributed by atoms with Crippen molar-refractivity contribution in [1.29, 1.82) is 0 Å². The van der Waals surface area contributed by atoms with E-state index < -0.39 is 35.5 Å². The van der Waals surface area contributed by atoms with Gasteiger partial charge in [-0.3, -0.25) is 9.59 Å². The molecule has 0 spiro atoms. The Balaban J connectivity index is 2.69. The summed E-state index contributed by atoms with van der Waals surface area (Å²) in [5, 5.41) is 5.44. The molecule has 1 aliphatic rings. The van der Waals surface area contributed by atoms with Gasteiger partial charge < -0.3 is 30.6 Å². The van der Waals surface area contributed by atoms with E-state index >= 15 is 0 Å². The van der Waals surface area contributed by atoms with Crippen molar-refractivity contribution in [3.63, 3.8) is 0 Å². The lowest BCUT2D eigenvalue weighted by molar-refractivity contribution is -0.151. The fourth-order valence-electron chi connectivity index (χ4n) is 3.92. The number of rotatable bonds is 14. The van der Waals surface area contributed by atoms with Crippen molar-refractivity contribution in [3.8, 4) is 0 Å². The van der Waals surface area contributed by atoms with Crippen LogP contribution < -0.4 is 16.4 Å². The number of primary amides is 1. The van der Waals surface area contributed by atoms with E-state index in [9.17, 15) is 19.2 Å². The predicted octanol–water partition coefficient (Wildman–Crippen LogP) is 4.51. The Morgan fingerprint density at radius 3 is 2.41 bits per heavy atom. The Bertz CT molecular complexity index is 1090. The van der Waals surface area contributed by atoms with E-state index in [0.29, 0.717) is 19.3 Å². The second-order valence-electron chi connectivity index (χ2n) is 10.8. The number of ether oxygens (including phenoxy) is 3. The van der Waals surface area contributed by atoms with Crippen LogP contribution in [0.25, 0.3) is 0 Å². The third-order valence-electron chi connectivity index (χ3n) is 6.12. The van der Waals surface area contributed by atoms with E-state index in [0.717, 1.165) is 5.57 Å². The maximum absolute atomic E-state index is 12.8. The summed E-state index contributed by atoms with van der Waals surface area (Å²) in [4.78, 5) is 48.4. The van der Waals surface area contributed by atoms with E-state index in [2.05, 4.69) is 10.6 Å². The molecule has 1 aliphatic heterocycles. The molecule has 2 unspecified atom stereocenters. The number of nitrogens with one attached hydrogen (secondary N) is 2. The van der Waals surface area contributed by atoms with E-state index in [1.54, 1.807) is 24.3 Å². The van der Waals surface area contributed by atoms with E-state index in [-0.39, 0.29) is 23.7 Å². The van der Waals surface area contributed by atoms with Crippen molar-refractivity contribution < 1.29 is 33.4 Å². The van der Waals surface area contributed by atoms with Gasteiger partial charge in [0.25, 0.3) is 0 Å². The van der Waals surface area contributed by atoms with Crippen LogP contribution in [0, 0.1) is 11.3 Å². The summed E-state index contributed by atoms with van der Waals surface area (Å²) in [7, 11) is 1.44. The Morgan fingerprint density at radius 1 is 1.17 bits per heavy atom. The number of carbonyl (C=O) groups is 4. The normalized spacial score (nSPS) is 18.7. The van der Waals surface area contributed by atoms with Crippen LogP contribution in [-0.4, -0.2) is 49.2 Å². The molecule has 0 radical (unpaired) electrons. The van der Waals surface area contributed by atoms with Gasteiger partial charge in [-0.05, 0) is 31.5 Å². The number of carbonyl (C=O) groups excluding carboxylic acids is 4. The first-order valence-corrected chi connectivity index (χ1v) is 13.6. The molecule has 0 bridgehead atoms. The van der Waals surface area contributed by atoms with Crippen LogP contribution in [-0.2, 0) is 28.6 Å². The molecule has 1 heterocycles. The molecule has 0 aromatic rings. The van der Waals surface area contributed by atoms with Crippen molar-refractivity contribution in [1.82, 2.24) is 10.6 Å². The van der Waals surface area contributed by atoms with E-state index in [1.807, 2.05) is 65.8 Å². The Hall–Kier alpha value is -4.08. The van der Waals surface area contributed by atoms with Gasteiger partial charge >= 0.3 is 12.1 Å². The summed E-state index contributed by atoms with van der Waals surface area (Å²) in [5.74, 6) is -1.05. The van der Waals surface area contributed by atoms with Crippen LogP contribution in [0.5, 0.6) is 0 Å². The molecule has 41 heavy (non-hydrogen) atoms. The Morgan fingerprint density at radius 2 is 1.83 bits per heavy atom. The number of hydrogen-bond acceptors (Lipinski definition) is 7. The first-order valence-electron chi connectivity index (χ1n) is 13.6. The maximum atomic E-state index is 12.8. The van der Waals surface area contributed by atoms with Crippen LogP contribution in [0.1, 0.15) is 60.8 Å². The summed E-state index contributed by atoms with van der Waals surface area (Å²) >= 11 is 0. The fraction of sp³-hybridized carbons (Fsp3) is 0.484. The molecule has 0 aliphatic carbocycles. The minimum atomic E-state index is -0.859. The van der Waals surface area contributed by atoms with Gasteiger partial charge in [0.2, 0.25) is 11.8 Å². The predicted molar refractivity (Wildman–Crippen MR) is 158 cm³/mol. The molecule has 0 saturated carbocycles. The largest absolute Gasteiger partial charge is 0.490 e. The van der Waals surface area contributed by atoms with Crippen LogP contribution in [0.2, 0.25) is 0 Å². The highest BCUT2D eigenvalue weighted by atomic mass is 16.6. The lowest BCUT2D eigenvalue weighted by Gasteiger charge is -2.29. The molecule has 0 aromatic carbocycles. The summed E-state index contributed by atoms with van der Waals surface area (Å²) < 4.78 is 15.5. The third kappa shape index (κ3) is 13.7. The molecule has 0 aromatic heterocycles. The van der Waals surface area contributed by atoms with Crippen LogP contribution >= 0.6 is 0 Å². The molecule has 10 heteroatoms. The lowest BCUT2D eigenvalue weighted by Crippen LogP contribution is -2.52. The van der Waals surface area contributed by atoms with Crippen molar-refractivity contribution >= 4 is 23.9 Å². The monoisotopic (exact) mass is 571 g/mol. The Kier molecular flexibility index (Phi) is 15.0. The molecular formula is C31H45N3O7. The zero-order valence-corrected chi connectivity index (χ0v) is 25.1. The van der Waals surface area contributed by atoms with Crippen LogP contribution in [0.4, 0.5) is 4.79 Å². The highest BCUT2D eigenvalue weighted by Crippen LogP contribution is 2.23. The van der Waals surface area contributed by atoms with E-state index in [4.69, 9.17) is 19.9 Å². The fourth-order valence-corrected chi connectivity index (χ4v) is 3.92. The molecule has 3 amide bonds. The van der Waals surface area contributed by atoms with Gasteiger partial charge in [0, 0.05) is 31.3 Å². The first-order chi connectivity index (χ1) is 19.3. The van der Waals surface area contributed by atoms with E-state index in [1.165, 1.54) is 19.4 Å². The van der Waals surface area contributed by atoms with Gasteiger partial charge in [0.05, 0.1) is 7.11 Å². The third-order valence-corrected chi connectivity index (χ3v) is 6.12. The Labute approximate surface area is 243 Å². The van der Waals surface area contributed by atoms with Crippen molar-refractivity contribution in [2.24, 2.45) is 17.1 Å². The molecule has 10 nitrogen and oxygen atoms in total. The maximum Gasteiger partial charge on any atom is 0.404 e.